The van der Waals surface area contributed by atoms with Gasteiger partial charge in [-0.15, -0.1) is 0 Å². The number of fused-ring (bicyclic) bond motifs is 1. The Bertz CT molecular complexity index is 778. The maximum absolute atomic E-state index is 12.5. The molecule has 0 aliphatic heterocycles. The summed E-state index contributed by atoms with van der Waals surface area (Å²) < 4.78 is 5.23. The number of aromatic hydroxyl groups is 1. The van der Waals surface area contributed by atoms with Gasteiger partial charge in [-0.2, -0.15) is 0 Å². The third kappa shape index (κ3) is 2.48. The second-order valence-corrected chi connectivity index (χ2v) is 4.92. The van der Waals surface area contributed by atoms with Crippen LogP contribution >= 0.6 is 0 Å². The molecule has 0 radical (unpaired) electrons. The van der Waals surface area contributed by atoms with Crippen LogP contribution in [-0.4, -0.2) is 23.0 Å². The highest BCUT2D eigenvalue weighted by Crippen LogP contribution is 2.29. The number of nitrogens with zero attached hydrogens (tertiary/aromatic N) is 1. The maximum Gasteiger partial charge on any atom is 0.257 e. The van der Waals surface area contributed by atoms with Gasteiger partial charge in [0.05, 0.1) is 18.4 Å². The zero-order valence-corrected chi connectivity index (χ0v) is 11.6. The normalized spacial score (nSPS) is 10.7. The topological polar surface area (TPSA) is 53.7 Å². The van der Waals surface area contributed by atoms with Crippen LogP contribution in [0.3, 0.4) is 0 Å². The summed E-state index contributed by atoms with van der Waals surface area (Å²) in [6.07, 6.45) is 1.57. The lowest BCUT2D eigenvalue weighted by Gasteiger charge is -2.17. The smallest absolute Gasteiger partial charge is 0.257 e. The lowest BCUT2D eigenvalue weighted by molar-refractivity contribution is 0.0772. The Morgan fingerprint density at radius 3 is 2.71 bits per heavy atom. The van der Waals surface area contributed by atoms with Crippen molar-refractivity contribution in [3.8, 4) is 5.75 Å². The molecule has 0 unspecified atom stereocenters. The molecular weight excluding hydrogens is 266 g/mol. The summed E-state index contributed by atoms with van der Waals surface area (Å²) in [5.41, 5.74) is 0.294. The molecule has 1 aromatic heterocycles. The van der Waals surface area contributed by atoms with Crippen molar-refractivity contribution in [2.45, 2.75) is 6.54 Å². The van der Waals surface area contributed by atoms with Gasteiger partial charge in [-0.1, -0.05) is 30.3 Å². The van der Waals surface area contributed by atoms with Crippen molar-refractivity contribution >= 4 is 16.7 Å². The zero-order chi connectivity index (χ0) is 14.8. The Balaban J connectivity index is 1.92. The third-order valence-corrected chi connectivity index (χ3v) is 3.45. The Morgan fingerprint density at radius 2 is 1.95 bits per heavy atom. The molecule has 4 heteroatoms. The minimum absolute atomic E-state index is 0.0180. The van der Waals surface area contributed by atoms with Crippen molar-refractivity contribution < 1.29 is 14.3 Å². The van der Waals surface area contributed by atoms with Crippen LogP contribution in [0, 0.1) is 0 Å². The second-order valence-electron chi connectivity index (χ2n) is 4.92. The molecule has 0 spiro atoms. The minimum atomic E-state index is -0.241. The highest BCUT2D eigenvalue weighted by atomic mass is 16.3. The first-order valence-electron chi connectivity index (χ1n) is 6.65. The molecule has 0 aliphatic rings. The number of phenols is 1. The standard InChI is InChI=1S/C17H15NO3/c1-18(11-13-6-4-10-21-13)17(20)15-9-8-12-5-2-3-7-14(12)16(15)19/h2-10,19H,11H2,1H3. The molecule has 2 aromatic carbocycles. The van der Waals surface area contributed by atoms with Crippen molar-refractivity contribution in [2.75, 3.05) is 7.05 Å². The summed E-state index contributed by atoms with van der Waals surface area (Å²) in [5, 5.41) is 11.9. The fraction of sp³-hybridized carbons (Fsp3) is 0.118. The molecule has 1 heterocycles. The van der Waals surface area contributed by atoms with E-state index in [-0.39, 0.29) is 11.7 Å². The van der Waals surface area contributed by atoms with Crippen molar-refractivity contribution in [2.24, 2.45) is 0 Å². The third-order valence-electron chi connectivity index (χ3n) is 3.45. The maximum atomic E-state index is 12.5. The number of hydrogen-bond acceptors (Lipinski definition) is 3. The number of hydrogen-bond donors (Lipinski definition) is 1. The molecule has 1 amide bonds. The molecule has 0 saturated heterocycles. The van der Waals surface area contributed by atoms with Crippen LogP contribution in [-0.2, 0) is 6.54 Å². The Kier molecular flexibility index (Phi) is 3.36. The largest absolute Gasteiger partial charge is 0.506 e. The van der Waals surface area contributed by atoms with Gasteiger partial charge in [0, 0.05) is 12.4 Å². The Labute approximate surface area is 122 Å². The predicted octanol–water partition coefficient (Wildman–Crippen LogP) is 3.41. The van der Waals surface area contributed by atoms with E-state index in [9.17, 15) is 9.90 Å². The van der Waals surface area contributed by atoms with Crippen LogP contribution in [0.5, 0.6) is 5.75 Å². The van der Waals surface area contributed by atoms with Crippen LogP contribution in [0.25, 0.3) is 10.8 Å². The summed E-state index contributed by atoms with van der Waals surface area (Å²) in [6.45, 7) is 0.359. The van der Waals surface area contributed by atoms with Crippen LogP contribution in [0.15, 0.2) is 59.2 Å². The van der Waals surface area contributed by atoms with Gasteiger partial charge < -0.3 is 14.4 Å². The van der Waals surface area contributed by atoms with Gasteiger partial charge in [0.1, 0.15) is 11.5 Å². The van der Waals surface area contributed by atoms with Crippen LogP contribution in [0.1, 0.15) is 16.1 Å². The average molecular weight is 281 g/mol. The number of carbonyl (C=O) groups is 1. The van der Waals surface area contributed by atoms with Gasteiger partial charge in [-0.3, -0.25) is 4.79 Å². The van der Waals surface area contributed by atoms with E-state index in [2.05, 4.69) is 0 Å². The summed E-state index contributed by atoms with van der Waals surface area (Å²) in [5.74, 6) is 0.477. The van der Waals surface area contributed by atoms with Crippen molar-refractivity contribution in [1.29, 1.82) is 0 Å². The Hall–Kier alpha value is -2.75. The fourth-order valence-electron chi connectivity index (χ4n) is 2.34. The van der Waals surface area contributed by atoms with Crippen LogP contribution < -0.4 is 0 Å². The molecule has 3 aromatic rings. The minimum Gasteiger partial charge on any atom is -0.506 e. The van der Waals surface area contributed by atoms with E-state index >= 15 is 0 Å². The molecule has 4 nitrogen and oxygen atoms in total. The first kappa shape index (κ1) is 13.2. The first-order valence-corrected chi connectivity index (χ1v) is 6.65. The van der Waals surface area contributed by atoms with Gasteiger partial charge in [0.2, 0.25) is 0 Å². The lowest BCUT2D eigenvalue weighted by atomic mass is 10.0. The monoisotopic (exact) mass is 281 g/mol. The number of furan rings is 1. The van der Waals surface area contributed by atoms with Crippen molar-refractivity contribution in [1.82, 2.24) is 4.90 Å². The van der Waals surface area contributed by atoms with Crippen LogP contribution in [0.2, 0.25) is 0 Å². The van der Waals surface area contributed by atoms with Gasteiger partial charge in [-0.25, -0.2) is 0 Å². The lowest BCUT2D eigenvalue weighted by Crippen LogP contribution is -2.26. The van der Waals surface area contributed by atoms with Gasteiger partial charge in [0.25, 0.3) is 5.91 Å². The van der Waals surface area contributed by atoms with E-state index in [1.165, 1.54) is 4.90 Å². The van der Waals surface area contributed by atoms with Crippen LogP contribution in [0.4, 0.5) is 0 Å². The number of amides is 1. The Morgan fingerprint density at radius 1 is 1.14 bits per heavy atom. The average Bonchev–Trinajstić information content (AvgIpc) is 3.00. The molecule has 106 valence electrons. The number of carbonyl (C=O) groups excluding carboxylic acids is 1. The summed E-state index contributed by atoms with van der Waals surface area (Å²) in [7, 11) is 1.68. The van der Waals surface area contributed by atoms with E-state index in [0.29, 0.717) is 23.3 Å². The molecule has 1 N–H and O–H groups in total. The highest BCUT2D eigenvalue weighted by Gasteiger charge is 2.18. The molecule has 0 bridgehead atoms. The highest BCUT2D eigenvalue weighted by molar-refractivity contribution is 6.03. The molecule has 21 heavy (non-hydrogen) atoms. The second kappa shape index (κ2) is 5.32. The SMILES string of the molecule is CN(Cc1ccco1)C(=O)c1ccc2ccccc2c1O. The molecule has 0 atom stereocenters. The van der Waals surface area contributed by atoms with E-state index in [1.54, 1.807) is 31.5 Å². The molecule has 0 fully saturated rings. The molecule has 0 saturated carbocycles. The predicted molar refractivity (Wildman–Crippen MR) is 80.1 cm³/mol. The summed E-state index contributed by atoms with van der Waals surface area (Å²) >= 11 is 0. The summed E-state index contributed by atoms with van der Waals surface area (Å²) in [4.78, 5) is 14.0. The number of phenolic OH excluding ortho intramolecular Hbond substituents is 1. The van der Waals surface area contributed by atoms with E-state index in [1.807, 2.05) is 30.3 Å². The van der Waals surface area contributed by atoms with E-state index in [0.717, 1.165) is 5.39 Å². The van der Waals surface area contributed by atoms with Gasteiger partial charge in [-0.05, 0) is 23.6 Å². The summed E-state index contributed by atoms with van der Waals surface area (Å²) in [6, 6.07) is 14.5. The quantitative estimate of drug-likeness (QED) is 0.800. The number of rotatable bonds is 3. The van der Waals surface area contributed by atoms with E-state index < -0.39 is 0 Å². The van der Waals surface area contributed by atoms with Gasteiger partial charge >= 0.3 is 0 Å². The first-order chi connectivity index (χ1) is 10.2. The van der Waals surface area contributed by atoms with Crippen molar-refractivity contribution in [3.63, 3.8) is 0 Å². The zero-order valence-electron chi connectivity index (χ0n) is 11.6. The van der Waals surface area contributed by atoms with Gasteiger partial charge in [0.15, 0.2) is 0 Å². The van der Waals surface area contributed by atoms with E-state index in [4.69, 9.17) is 4.42 Å². The molecule has 3 rings (SSSR count). The van der Waals surface area contributed by atoms with Crippen molar-refractivity contribution in [3.05, 3.63) is 66.1 Å². The molecule has 0 aliphatic carbocycles. The number of benzene rings is 2. The fourth-order valence-corrected chi connectivity index (χ4v) is 2.34. The molecular formula is C17H15NO3.